The number of rotatable bonds is 4. The summed E-state index contributed by atoms with van der Waals surface area (Å²) in [7, 11) is 1.86. The van der Waals surface area contributed by atoms with E-state index in [0.29, 0.717) is 19.7 Å². The topological polar surface area (TPSA) is 69.5 Å². The van der Waals surface area contributed by atoms with E-state index < -0.39 is 0 Å². The minimum atomic E-state index is -0.254. The molecule has 2 aromatic rings. The predicted molar refractivity (Wildman–Crippen MR) is 87.7 cm³/mol. The van der Waals surface area contributed by atoms with Gasteiger partial charge in [-0.2, -0.15) is 0 Å². The Kier molecular flexibility index (Phi) is 4.80. The summed E-state index contributed by atoms with van der Waals surface area (Å²) < 4.78 is 13.3. The number of aromatic nitrogens is 3. The molecule has 7 heteroatoms. The van der Waals surface area contributed by atoms with Gasteiger partial charge in [0.15, 0.2) is 12.4 Å². The van der Waals surface area contributed by atoms with E-state index in [2.05, 4.69) is 10.2 Å². The minimum Gasteiger partial charge on any atom is -0.483 e. The lowest BCUT2D eigenvalue weighted by molar-refractivity contribution is -0.141. The SMILES string of the molecule is Cc1cccc(C)c1OCC(=O)N1CCO[C@H](c2nncn2C)C1. The standard InChI is InChI=1S/C17H22N4O3/c1-12-5-4-6-13(2)16(12)24-10-15(22)21-7-8-23-14(9-21)17-19-18-11-20(17)3/h4-6,11,14H,7-10H2,1-3H3/t14-/m0/s1. The molecule has 0 unspecified atom stereocenters. The van der Waals surface area contributed by atoms with Gasteiger partial charge in [-0.15, -0.1) is 10.2 Å². The quantitative estimate of drug-likeness (QED) is 0.848. The number of aryl methyl sites for hydroxylation is 3. The fraction of sp³-hybridized carbons (Fsp3) is 0.471. The fourth-order valence-corrected chi connectivity index (χ4v) is 2.87. The van der Waals surface area contributed by atoms with E-state index in [4.69, 9.17) is 9.47 Å². The molecule has 1 aromatic heterocycles. The lowest BCUT2D eigenvalue weighted by atomic mass is 10.1. The molecule has 0 spiro atoms. The van der Waals surface area contributed by atoms with Crippen LogP contribution in [0.1, 0.15) is 23.1 Å². The van der Waals surface area contributed by atoms with E-state index in [0.717, 1.165) is 22.7 Å². The summed E-state index contributed by atoms with van der Waals surface area (Å²) in [4.78, 5) is 14.3. The third-order valence-corrected chi connectivity index (χ3v) is 4.20. The predicted octanol–water partition coefficient (Wildman–Crippen LogP) is 1.41. The summed E-state index contributed by atoms with van der Waals surface area (Å²) in [5.74, 6) is 1.46. The zero-order valence-corrected chi connectivity index (χ0v) is 14.2. The van der Waals surface area contributed by atoms with E-state index in [1.54, 1.807) is 11.2 Å². The monoisotopic (exact) mass is 330 g/mol. The third kappa shape index (κ3) is 3.41. The second-order valence-electron chi connectivity index (χ2n) is 6.01. The number of nitrogens with zero attached hydrogens (tertiary/aromatic N) is 4. The Balaban J connectivity index is 1.62. The van der Waals surface area contributed by atoms with Gasteiger partial charge in [0.1, 0.15) is 18.2 Å². The molecule has 7 nitrogen and oxygen atoms in total. The number of carbonyl (C=O) groups excluding carboxylic acids is 1. The van der Waals surface area contributed by atoms with Crippen molar-refractivity contribution >= 4 is 5.91 Å². The fourth-order valence-electron chi connectivity index (χ4n) is 2.87. The summed E-state index contributed by atoms with van der Waals surface area (Å²) in [6, 6.07) is 5.93. The molecule has 1 fully saturated rings. The van der Waals surface area contributed by atoms with Crippen molar-refractivity contribution in [2.24, 2.45) is 7.05 Å². The molecule has 0 aliphatic carbocycles. The van der Waals surface area contributed by atoms with Gasteiger partial charge in [-0.25, -0.2) is 0 Å². The molecule has 24 heavy (non-hydrogen) atoms. The van der Waals surface area contributed by atoms with Crippen molar-refractivity contribution in [3.8, 4) is 5.75 Å². The maximum atomic E-state index is 12.5. The molecule has 1 aliphatic heterocycles. The molecule has 0 bridgehead atoms. The molecule has 0 radical (unpaired) electrons. The highest BCUT2D eigenvalue weighted by Crippen LogP contribution is 2.23. The van der Waals surface area contributed by atoms with Gasteiger partial charge in [-0.3, -0.25) is 4.79 Å². The van der Waals surface area contributed by atoms with Crippen LogP contribution < -0.4 is 4.74 Å². The molecule has 1 atom stereocenters. The first-order valence-corrected chi connectivity index (χ1v) is 7.98. The van der Waals surface area contributed by atoms with Crippen molar-refractivity contribution in [2.75, 3.05) is 26.3 Å². The molecular weight excluding hydrogens is 308 g/mol. The van der Waals surface area contributed by atoms with Gasteiger partial charge in [0.2, 0.25) is 0 Å². The summed E-state index contributed by atoms with van der Waals surface area (Å²) in [5, 5.41) is 7.94. The molecule has 1 aliphatic rings. The van der Waals surface area contributed by atoms with Crippen LogP contribution in [0.25, 0.3) is 0 Å². The number of amides is 1. The van der Waals surface area contributed by atoms with Gasteiger partial charge in [0.05, 0.1) is 13.2 Å². The Morgan fingerprint density at radius 1 is 1.38 bits per heavy atom. The highest BCUT2D eigenvalue weighted by Gasteiger charge is 2.28. The molecule has 0 N–H and O–H groups in total. The van der Waals surface area contributed by atoms with Crippen LogP contribution in [0.4, 0.5) is 0 Å². The maximum Gasteiger partial charge on any atom is 0.260 e. The Morgan fingerprint density at radius 3 is 2.79 bits per heavy atom. The summed E-state index contributed by atoms with van der Waals surface area (Å²) >= 11 is 0. The normalized spacial score (nSPS) is 17.8. The maximum absolute atomic E-state index is 12.5. The van der Waals surface area contributed by atoms with E-state index in [1.807, 2.05) is 43.7 Å². The average Bonchev–Trinajstić information content (AvgIpc) is 3.00. The van der Waals surface area contributed by atoms with E-state index in [9.17, 15) is 4.79 Å². The molecule has 1 aromatic carbocycles. The zero-order chi connectivity index (χ0) is 17.1. The highest BCUT2D eigenvalue weighted by molar-refractivity contribution is 5.78. The van der Waals surface area contributed by atoms with Gasteiger partial charge in [-0.1, -0.05) is 18.2 Å². The number of hydrogen-bond acceptors (Lipinski definition) is 5. The Hall–Kier alpha value is -2.41. The van der Waals surface area contributed by atoms with Crippen molar-refractivity contribution in [3.63, 3.8) is 0 Å². The van der Waals surface area contributed by atoms with Crippen LogP contribution in [0.2, 0.25) is 0 Å². The second kappa shape index (κ2) is 7.00. The van der Waals surface area contributed by atoms with E-state index in [1.165, 1.54) is 0 Å². The summed E-state index contributed by atoms with van der Waals surface area (Å²) in [6.07, 6.45) is 1.37. The number of ether oxygens (including phenoxy) is 2. The highest BCUT2D eigenvalue weighted by atomic mass is 16.5. The molecule has 128 valence electrons. The van der Waals surface area contributed by atoms with Gasteiger partial charge < -0.3 is 18.9 Å². The lowest BCUT2D eigenvalue weighted by Crippen LogP contribution is -2.44. The first kappa shape index (κ1) is 16.4. The van der Waals surface area contributed by atoms with Gasteiger partial charge in [0, 0.05) is 13.6 Å². The number of morpholine rings is 1. The first-order valence-electron chi connectivity index (χ1n) is 7.98. The van der Waals surface area contributed by atoms with Gasteiger partial charge in [-0.05, 0) is 25.0 Å². The summed E-state index contributed by atoms with van der Waals surface area (Å²) in [5.41, 5.74) is 2.06. The van der Waals surface area contributed by atoms with Crippen LogP contribution in [0.3, 0.4) is 0 Å². The van der Waals surface area contributed by atoms with Crippen molar-refractivity contribution in [3.05, 3.63) is 41.5 Å². The van der Waals surface area contributed by atoms with Crippen LogP contribution in [0.15, 0.2) is 24.5 Å². The second-order valence-corrected chi connectivity index (χ2v) is 6.01. The number of para-hydroxylation sites is 1. The number of benzene rings is 1. The number of hydrogen-bond donors (Lipinski definition) is 0. The molecule has 1 amide bonds. The molecular formula is C17H22N4O3. The van der Waals surface area contributed by atoms with Crippen LogP contribution in [0.5, 0.6) is 5.75 Å². The van der Waals surface area contributed by atoms with E-state index in [-0.39, 0.29) is 18.6 Å². The minimum absolute atomic E-state index is 0.0250. The van der Waals surface area contributed by atoms with Crippen LogP contribution in [-0.4, -0.2) is 51.9 Å². The van der Waals surface area contributed by atoms with Crippen LogP contribution in [-0.2, 0) is 16.6 Å². The van der Waals surface area contributed by atoms with E-state index >= 15 is 0 Å². The molecule has 3 rings (SSSR count). The van der Waals surface area contributed by atoms with Crippen molar-refractivity contribution < 1.29 is 14.3 Å². The third-order valence-electron chi connectivity index (χ3n) is 4.20. The van der Waals surface area contributed by atoms with Crippen molar-refractivity contribution in [2.45, 2.75) is 20.0 Å². The zero-order valence-electron chi connectivity index (χ0n) is 14.2. The molecule has 2 heterocycles. The largest absolute Gasteiger partial charge is 0.483 e. The number of carbonyl (C=O) groups is 1. The smallest absolute Gasteiger partial charge is 0.260 e. The molecule has 0 saturated carbocycles. The lowest BCUT2D eigenvalue weighted by Gasteiger charge is -2.32. The van der Waals surface area contributed by atoms with Crippen molar-refractivity contribution in [1.29, 1.82) is 0 Å². The first-order chi connectivity index (χ1) is 11.6. The van der Waals surface area contributed by atoms with Crippen molar-refractivity contribution in [1.82, 2.24) is 19.7 Å². The molecule has 1 saturated heterocycles. The average molecular weight is 330 g/mol. The van der Waals surface area contributed by atoms with Crippen LogP contribution in [0, 0.1) is 13.8 Å². The Labute approximate surface area is 141 Å². The summed E-state index contributed by atoms with van der Waals surface area (Å²) in [6.45, 7) is 5.48. The van der Waals surface area contributed by atoms with Gasteiger partial charge >= 0.3 is 0 Å². The van der Waals surface area contributed by atoms with Gasteiger partial charge in [0.25, 0.3) is 5.91 Å². The van der Waals surface area contributed by atoms with Crippen LogP contribution >= 0.6 is 0 Å². The Morgan fingerprint density at radius 2 is 2.12 bits per heavy atom. The Bertz CT molecular complexity index is 708.